The molecule has 1 fully saturated rings. The molecule has 0 aliphatic carbocycles. The van der Waals surface area contributed by atoms with Crippen molar-refractivity contribution in [1.82, 2.24) is 4.98 Å². The first kappa shape index (κ1) is 24.1. The first-order valence-electron chi connectivity index (χ1n) is 11.1. The molecule has 0 radical (unpaired) electrons. The van der Waals surface area contributed by atoms with Crippen LogP contribution in [0.25, 0.3) is 16.0 Å². The molecule has 0 saturated carbocycles. The maximum absolute atomic E-state index is 13.5. The number of carbonyl (C=O) groups is 2. The smallest absolute Gasteiger partial charge is 0.301 e. The Morgan fingerprint density at radius 3 is 2.62 bits per heavy atom. The van der Waals surface area contributed by atoms with Gasteiger partial charge in [0.05, 0.1) is 33.4 Å². The van der Waals surface area contributed by atoms with Crippen LogP contribution in [0.2, 0.25) is 0 Å². The molecule has 1 aromatic heterocycles. The highest BCUT2D eigenvalue weighted by Crippen LogP contribution is 2.45. The van der Waals surface area contributed by atoms with Gasteiger partial charge in [-0.05, 0) is 55.0 Å². The Labute approximate surface area is 213 Å². The Morgan fingerprint density at radius 2 is 1.92 bits per heavy atom. The first-order valence-corrected chi connectivity index (χ1v) is 11.9. The number of hydrogen-bond donors (Lipinski definition) is 1. The summed E-state index contributed by atoms with van der Waals surface area (Å²) >= 11 is 1.13. The van der Waals surface area contributed by atoms with E-state index in [1.165, 1.54) is 36.4 Å². The van der Waals surface area contributed by atoms with Gasteiger partial charge < -0.3 is 9.84 Å². The third-order valence-corrected chi connectivity index (χ3v) is 6.84. The molecule has 2 heterocycles. The highest BCUT2D eigenvalue weighted by molar-refractivity contribution is 7.22. The van der Waals surface area contributed by atoms with Crippen LogP contribution in [0, 0.1) is 15.9 Å². The standard InChI is InChI=1S/C26H18FN3O6S/c1-2-36-18-10-11-19-20(13-18)37-26(28-19)29-22(15-4-3-5-17(12-15)30(34)35)21(24(32)25(29)33)23(31)14-6-8-16(27)9-7-14/h3-13,22,31H,2H2,1H3. The molecule has 186 valence electrons. The van der Waals surface area contributed by atoms with Crippen molar-refractivity contribution in [3.05, 3.63) is 99.4 Å². The molecule has 1 unspecified atom stereocenters. The largest absolute Gasteiger partial charge is 0.507 e. The quantitative estimate of drug-likeness (QED) is 0.119. The van der Waals surface area contributed by atoms with Gasteiger partial charge in [0.25, 0.3) is 11.5 Å². The van der Waals surface area contributed by atoms with Crippen molar-refractivity contribution in [2.75, 3.05) is 11.5 Å². The van der Waals surface area contributed by atoms with Gasteiger partial charge in [-0.15, -0.1) is 0 Å². The van der Waals surface area contributed by atoms with Crippen LogP contribution < -0.4 is 9.64 Å². The Bertz CT molecular complexity index is 1600. The van der Waals surface area contributed by atoms with Gasteiger partial charge in [-0.2, -0.15) is 0 Å². The molecule has 1 aliphatic rings. The SMILES string of the molecule is CCOc1ccc2nc(N3C(=O)C(=O)C(=C(O)c4ccc(F)cc4)C3c3cccc([N+](=O)[O-])c3)sc2c1. The van der Waals surface area contributed by atoms with E-state index in [9.17, 15) is 29.2 Å². The van der Waals surface area contributed by atoms with E-state index in [0.29, 0.717) is 22.6 Å². The number of ether oxygens (including phenoxy) is 1. The van der Waals surface area contributed by atoms with Crippen molar-refractivity contribution in [2.24, 2.45) is 0 Å². The number of rotatable bonds is 6. The molecule has 1 saturated heterocycles. The minimum Gasteiger partial charge on any atom is -0.507 e. The summed E-state index contributed by atoms with van der Waals surface area (Å²) in [5, 5.41) is 22.7. The summed E-state index contributed by atoms with van der Waals surface area (Å²) < 4.78 is 19.7. The summed E-state index contributed by atoms with van der Waals surface area (Å²) in [4.78, 5) is 43.1. The molecule has 11 heteroatoms. The van der Waals surface area contributed by atoms with Crippen LogP contribution in [0.3, 0.4) is 0 Å². The molecule has 0 bridgehead atoms. The summed E-state index contributed by atoms with van der Waals surface area (Å²) in [5.41, 5.74) is 0.357. The minimum atomic E-state index is -1.21. The van der Waals surface area contributed by atoms with Crippen LogP contribution in [0.5, 0.6) is 5.75 Å². The van der Waals surface area contributed by atoms with Gasteiger partial charge in [-0.25, -0.2) is 9.37 Å². The summed E-state index contributed by atoms with van der Waals surface area (Å²) in [6.45, 7) is 2.31. The van der Waals surface area contributed by atoms with Gasteiger partial charge in [0, 0.05) is 17.7 Å². The maximum atomic E-state index is 13.5. The third-order valence-electron chi connectivity index (χ3n) is 5.82. The topological polar surface area (TPSA) is 123 Å². The van der Waals surface area contributed by atoms with E-state index >= 15 is 0 Å². The van der Waals surface area contributed by atoms with Crippen LogP contribution in [-0.4, -0.2) is 33.3 Å². The second-order valence-corrected chi connectivity index (χ2v) is 9.10. The number of non-ortho nitro benzene ring substituents is 1. The monoisotopic (exact) mass is 519 g/mol. The van der Waals surface area contributed by atoms with Crippen molar-refractivity contribution in [1.29, 1.82) is 0 Å². The number of amides is 1. The summed E-state index contributed by atoms with van der Waals surface area (Å²) in [6.07, 6.45) is 0. The highest BCUT2D eigenvalue weighted by Gasteiger charge is 2.48. The Kier molecular flexibility index (Phi) is 6.14. The predicted octanol–water partition coefficient (Wildman–Crippen LogP) is 5.37. The van der Waals surface area contributed by atoms with E-state index in [-0.39, 0.29) is 27.5 Å². The Morgan fingerprint density at radius 1 is 1.16 bits per heavy atom. The fraction of sp³-hybridized carbons (Fsp3) is 0.115. The summed E-state index contributed by atoms with van der Waals surface area (Å²) in [6, 6.07) is 14.2. The van der Waals surface area contributed by atoms with E-state index in [2.05, 4.69) is 4.98 Å². The second-order valence-electron chi connectivity index (χ2n) is 8.09. The van der Waals surface area contributed by atoms with E-state index in [1.54, 1.807) is 18.2 Å². The van der Waals surface area contributed by atoms with Crippen LogP contribution >= 0.6 is 11.3 Å². The molecule has 4 aromatic rings. The van der Waals surface area contributed by atoms with Gasteiger partial charge in [0.1, 0.15) is 17.3 Å². The minimum absolute atomic E-state index is 0.112. The van der Waals surface area contributed by atoms with Gasteiger partial charge in [-0.1, -0.05) is 23.5 Å². The molecule has 37 heavy (non-hydrogen) atoms. The van der Waals surface area contributed by atoms with E-state index in [4.69, 9.17) is 4.74 Å². The van der Waals surface area contributed by atoms with E-state index < -0.39 is 34.2 Å². The number of anilines is 1. The van der Waals surface area contributed by atoms with Crippen LogP contribution in [0.15, 0.2) is 72.3 Å². The number of Topliss-reactive ketones (excluding diaryl/α,β-unsaturated/α-hetero) is 1. The number of benzene rings is 3. The molecule has 1 N–H and O–H groups in total. The molecule has 1 aliphatic heterocycles. The molecule has 9 nitrogen and oxygen atoms in total. The average Bonchev–Trinajstić information content (AvgIpc) is 3.42. The van der Waals surface area contributed by atoms with Crippen LogP contribution in [-0.2, 0) is 9.59 Å². The summed E-state index contributed by atoms with van der Waals surface area (Å²) in [5.74, 6) is -2.42. The lowest BCUT2D eigenvalue weighted by atomic mass is 9.95. The van der Waals surface area contributed by atoms with Gasteiger partial charge >= 0.3 is 5.91 Å². The number of nitro groups is 1. The van der Waals surface area contributed by atoms with Crippen molar-refractivity contribution in [2.45, 2.75) is 13.0 Å². The lowest BCUT2D eigenvalue weighted by Crippen LogP contribution is -2.29. The van der Waals surface area contributed by atoms with E-state index in [1.807, 2.05) is 6.92 Å². The number of nitro benzene ring substituents is 1. The number of aliphatic hydroxyl groups excluding tert-OH is 1. The lowest BCUT2D eigenvalue weighted by Gasteiger charge is -2.22. The molecular weight excluding hydrogens is 501 g/mol. The van der Waals surface area contributed by atoms with Crippen molar-refractivity contribution < 1.29 is 28.7 Å². The third kappa shape index (κ3) is 4.29. The van der Waals surface area contributed by atoms with Crippen LogP contribution in [0.4, 0.5) is 15.2 Å². The Hall–Kier alpha value is -4.64. The normalized spacial score (nSPS) is 16.9. The molecule has 0 spiro atoms. The number of carbonyl (C=O) groups excluding carboxylic acids is 2. The number of fused-ring (bicyclic) bond motifs is 1. The summed E-state index contributed by atoms with van der Waals surface area (Å²) in [7, 11) is 0. The molecule has 1 atom stereocenters. The number of halogens is 1. The zero-order valence-corrected chi connectivity index (χ0v) is 20.1. The molecule has 3 aromatic carbocycles. The average molecular weight is 520 g/mol. The fourth-order valence-corrected chi connectivity index (χ4v) is 5.19. The number of nitrogens with zero attached hydrogens (tertiary/aromatic N) is 3. The predicted molar refractivity (Wildman–Crippen MR) is 135 cm³/mol. The van der Waals surface area contributed by atoms with Crippen molar-refractivity contribution in [3.8, 4) is 5.75 Å². The fourth-order valence-electron chi connectivity index (χ4n) is 4.17. The zero-order chi connectivity index (χ0) is 26.3. The van der Waals surface area contributed by atoms with Crippen molar-refractivity contribution >= 4 is 49.8 Å². The lowest BCUT2D eigenvalue weighted by molar-refractivity contribution is -0.384. The van der Waals surface area contributed by atoms with Crippen LogP contribution in [0.1, 0.15) is 24.1 Å². The number of hydrogen-bond acceptors (Lipinski definition) is 8. The molecule has 1 amide bonds. The highest BCUT2D eigenvalue weighted by atomic mass is 32.1. The number of aliphatic hydroxyl groups is 1. The second kappa shape index (κ2) is 9.43. The van der Waals surface area contributed by atoms with E-state index in [0.717, 1.165) is 28.4 Å². The van der Waals surface area contributed by atoms with Gasteiger partial charge in [0.2, 0.25) is 0 Å². The molecular formula is C26H18FN3O6S. The van der Waals surface area contributed by atoms with Gasteiger partial charge in [0.15, 0.2) is 5.13 Å². The number of ketones is 1. The number of aromatic nitrogens is 1. The molecule has 5 rings (SSSR count). The van der Waals surface area contributed by atoms with Crippen molar-refractivity contribution in [3.63, 3.8) is 0 Å². The maximum Gasteiger partial charge on any atom is 0.301 e. The number of thiazole rings is 1. The Balaban J connectivity index is 1.71. The zero-order valence-electron chi connectivity index (χ0n) is 19.3. The van der Waals surface area contributed by atoms with Gasteiger partial charge in [-0.3, -0.25) is 24.6 Å². The first-order chi connectivity index (χ1) is 17.8.